The first-order chi connectivity index (χ1) is 8.25. The molecule has 0 unspecified atom stereocenters. The largest absolute Gasteiger partial charge is 0.378 e. The summed E-state index contributed by atoms with van der Waals surface area (Å²) in [6.45, 7) is 4.72. The third kappa shape index (κ3) is 3.43. The lowest BCUT2D eigenvalue weighted by Gasteiger charge is -2.25. The normalized spacial score (nSPS) is 16.4. The number of benzene rings is 1. The first kappa shape index (κ1) is 11.9. The number of amides is 1. The maximum Gasteiger partial charge on any atom is 0.246 e. The molecule has 0 aromatic heterocycles. The molecule has 17 heavy (non-hydrogen) atoms. The lowest BCUT2D eigenvalue weighted by atomic mass is 10.1. The van der Waals surface area contributed by atoms with Crippen LogP contribution in [-0.4, -0.2) is 37.1 Å². The van der Waals surface area contributed by atoms with Gasteiger partial charge in [-0.2, -0.15) is 0 Å². The van der Waals surface area contributed by atoms with Gasteiger partial charge in [0.05, 0.1) is 13.2 Å². The first-order valence-corrected chi connectivity index (χ1v) is 5.87. The van der Waals surface area contributed by atoms with Crippen LogP contribution < -0.4 is 0 Å². The molecule has 3 nitrogen and oxygen atoms in total. The Kier molecular flexibility index (Phi) is 3.94. The molecule has 0 bridgehead atoms. The van der Waals surface area contributed by atoms with Crippen LogP contribution in [-0.2, 0) is 9.53 Å². The average Bonchev–Trinajstić information content (AvgIpc) is 2.39. The fourth-order valence-corrected chi connectivity index (χ4v) is 1.73. The fourth-order valence-electron chi connectivity index (χ4n) is 1.73. The zero-order chi connectivity index (χ0) is 12.1. The highest BCUT2D eigenvalue weighted by Crippen LogP contribution is 2.06. The molecule has 3 heteroatoms. The van der Waals surface area contributed by atoms with Gasteiger partial charge in [0.15, 0.2) is 0 Å². The zero-order valence-electron chi connectivity index (χ0n) is 10.1. The van der Waals surface area contributed by atoms with Gasteiger partial charge in [-0.1, -0.05) is 29.8 Å². The Morgan fingerprint density at radius 1 is 1.24 bits per heavy atom. The van der Waals surface area contributed by atoms with Crippen molar-refractivity contribution in [1.29, 1.82) is 0 Å². The number of hydrogen-bond acceptors (Lipinski definition) is 2. The highest BCUT2D eigenvalue weighted by atomic mass is 16.5. The van der Waals surface area contributed by atoms with E-state index in [-0.39, 0.29) is 5.91 Å². The Hall–Kier alpha value is -1.61. The summed E-state index contributed by atoms with van der Waals surface area (Å²) in [7, 11) is 0. The number of ether oxygens (including phenoxy) is 1. The van der Waals surface area contributed by atoms with Crippen LogP contribution in [0.2, 0.25) is 0 Å². The lowest BCUT2D eigenvalue weighted by Crippen LogP contribution is -2.39. The second kappa shape index (κ2) is 5.64. The van der Waals surface area contributed by atoms with E-state index in [0.29, 0.717) is 26.3 Å². The number of hydrogen-bond donors (Lipinski definition) is 0. The molecule has 2 rings (SSSR count). The van der Waals surface area contributed by atoms with E-state index < -0.39 is 0 Å². The second-order valence-electron chi connectivity index (χ2n) is 4.18. The molecule has 90 valence electrons. The molecule has 0 saturated carbocycles. The molecule has 1 aromatic carbocycles. The highest BCUT2D eigenvalue weighted by Gasteiger charge is 2.13. The van der Waals surface area contributed by atoms with Crippen LogP contribution in [0.5, 0.6) is 0 Å². The Balaban J connectivity index is 1.95. The maximum atomic E-state index is 11.8. The minimum Gasteiger partial charge on any atom is -0.378 e. The van der Waals surface area contributed by atoms with E-state index >= 15 is 0 Å². The Morgan fingerprint density at radius 2 is 1.88 bits per heavy atom. The topological polar surface area (TPSA) is 29.5 Å². The van der Waals surface area contributed by atoms with Crippen LogP contribution in [0.15, 0.2) is 30.3 Å². The van der Waals surface area contributed by atoms with Gasteiger partial charge in [0.25, 0.3) is 0 Å². The van der Waals surface area contributed by atoms with Gasteiger partial charge in [-0.15, -0.1) is 0 Å². The smallest absolute Gasteiger partial charge is 0.246 e. The zero-order valence-corrected chi connectivity index (χ0v) is 10.1. The number of rotatable bonds is 2. The Labute approximate surface area is 102 Å². The minimum atomic E-state index is 0.0638. The lowest BCUT2D eigenvalue weighted by molar-refractivity contribution is -0.129. The van der Waals surface area contributed by atoms with Crippen molar-refractivity contribution in [3.05, 3.63) is 41.5 Å². The van der Waals surface area contributed by atoms with E-state index in [9.17, 15) is 4.79 Å². The third-order valence-electron chi connectivity index (χ3n) is 2.82. The SMILES string of the molecule is Cc1ccc(/C=C\C(=O)N2CCOCC2)cc1. The molecule has 1 saturated heterocycles. The summed E-state index contributed by atoms with van der Waals surface area (Å²) in [6, 6.07) is 8.11. The van der Waals surface area contributed by atoms with E-state index in [0.717, 1.165) is 5.56 Å². The molecule has 0 atom stereocenters. The standard InChI is InChI=1S/C14H17NO2/c1-12-2-4-13(5-3-12)6-7-14(16)15-8-10-17-11-9-15/h2-7H,8-11H2,1H3/b7-6-. The van der Waals surface area contributed by atoms with Crippen LogP contribution >= 0.6 is 0 Å². The molecule has 1 aromatic rings. The summed E-state index contributed by atoms with van der Waals surface area (Å²) in [5, 5.41) is 0. The Bertz CT molecular complexity index is 403. The van der Waals surface area contributed by atoms with Crippen molar-refractivity contribution in [1.82, 2.24) is 4.90 Å². The van der Waals surface area contributed by atoms with Crippen molar-refractivity contribution in [3.63, 3.8) is 0 Å². The molecule has 1 fully saturated rings. The van der Waals surface area contributed by atoms with Gasteiger partial charge in [-0.3, -0.25) is 4.79 Å². The molecule has 1 heterocycles. The quantitative estimate of drug-likeness (QED) is 0.727. The van der Waals surface area contributed by atoms with Crippen LogP contribution in [0.3, 0.4) is 0 Å². The van der Waals surface area contributed by atoms with E-state index in [1.54, 1.807) is 6.08 Å². The van der Waals surface area contributed by atoms with E-state index in [1.165, 1.54) is 5.56 Å². The van der Waals surface area contributed by atoms with Gasteiger partial charge >= 0.3 is 0 Å². The number of carbonyl (C=O) groups is 1. The van der Waals surface area contributed by atoms with Gasteiger partial charge in [-0.05, 0) is 18.6 Å². The number of nitrogens with zero attached hydrogens (tertiary/aromatic N) is 1. The van der Waals surface area contributed by atoms with Crippen molar-refractivity contribution in [2.24, 2.45) is 0 Å². The molecule has 1 aliphatic heterocycles. The molecular formula is C14H17NO2. The second-order valence-corrected chi connectivity index (χ2v) is 4.18. The van der Waals surface area contributed by atoms with Crippen LogP contribution in [0.1, 0.15) is 11.1 Å². The molecule has 0 N–H and O–H groups in total. The van der Waals surface area contributed by atoms with Crippen molar-refractivity contribution >= 4 is 12.0 Å². The summed E-state index contributed by atoms with van der Waals surface area (Å²) in [4.78, 5) is 13.6. The fraction of sp³-hybridized carbons (Fsp3) is 0.357. The predicted octanol–water partition coefficient (Wildman–Crippen LogP) is 1.87. The van der Waals surface area contributed by atoms with Crippen LogP contribution in [0.4, 0.5) is 0 Å². The molecule has 1 amide bonds. The minimum absolute atomic E-state index is 0.0638. The monoisotopic (exact) mass is 231 g/mol. The average molecular weight is 231 g/mol. The van der Waals surface area contributed by atoms with Crippen molar-refractivity contribution in [2.45, 2.75) is 6.92 Å². The predicted molar refractivity (Wildman–Crippen MR) is 67.6 cm³/mol. The summed E-state index contributed by atoms with van der Waals surface area (Å²) < 4.78 is 5.21. The summed E-state index contributed by atoms with van der Waals surface area (Å²) >= 11 is 0. The van der Waals surface area contributed by atoms with Gasteiger partial charge < -0.3 is 9.64 Å². The van der Waals surface area contributed by atoms with Gasteiger partial charge in [0.2, 0.25) is 5.91 Å². The van der Waals surface area contributed by atoms with Gasteiger partial charge in [0, 0.05) is 19.2 Å². The Morgan fingerprint density at radius 3 is 2.53 bits per heavy atom. The highest BCUT2D eigenvalue weighted by molar-refractivity contribution is 5.91. The van der Waals surface area contributed by atoms with Gasteiger partial charge in [-0.25, -0.2) is 0 Å². The molecule has 0 spiro atoms. The van der Waals surface area contributed by atoms with E-state index in [2.05, 4.69) is 0 Å². The molecular weight excluding hydrogens is 214 g/mol. The summed E-state index contributed by atoms with van der Waals surface area (Å²) in [6.07, 6.45) is 3.49. The molecule has 0 radical (unpaired) electrons. The van der Waals surface area contributed by atoms with E-state index in [1.807, 2.05) is 42.2 Å². The third-order valence-corrected chi connectivity index (χ3v) is 2.82. The molecule has 0 aliphatic carbocycles. The van der Waals surface area contributed by atoms with Crippen molar-refractivity contribution in [3.8, 4) is 0 Å². The number of aryl methyl sites for hydroxylation is 1. The van der Waals surface area contributed by atoms with Crippen molar-refractivity contribution in [2.75, 3.05) is 26.3 Å². The first-order valence-electron chi connectivity index (χ1n) is 5.87. The summed E-state index contributed by atoms with van der Waals surface area (Å²) in [5.41, 5.74) is 2.28. The number of morpholine rings is 1. The van der Waals surface area contributed by atoms with E-state index in [4.69, 9.17) is 4.74 Å². The van der Waals surface area contributed by atoms with Crippen molar-refractivity contribution < 1.29 is 9.53 Å². The number of carbonyl (C=O) groups excluding carboxylic acids is 1. The van der Waals surface area contributed by atoms with Gasteiger partial charge in [0.1, 0.15) is 0 Å². The molecule has 1 aliphatic rings. The van der Waals surface area contributed by atoms with Crippen LogP contribution in [0, 0.1) is 6.92 Å². The maximum absolute atomic E-state index is 11.8. The van der Waals surface area contributed by atoms with Crippen LogP contribution in [0.25, 0.3) is 6.08 Å². The summed E-state index contributed by atoms with van der Waals surface area (Å²) in [5.74, 6) is 0.0638.